The van der Waals surface area contributed by atoms with Gasteiger partial charge in [0.15, 0.2) is 0 Å². The number of β-amino-alcohol motifs (C(OH)–C–C–N with tert-alkyl or cyclic N) is 1. The Morgan fingerprint density at radius 1 is 1.10 bits per heavy atom. The predicted molar refractivity (Wildman–Crippen MR) is 158 cm³/mol. The fourth-order valence-corrected chi connectivity index (χ4v) is 5.48. The molecule has 2 aromatic rings. The van der Waals surface area contributed by atoms with Crippen LogP contribution in [0.25, 0.3) is 5.70 Å². The van der Waals surface area contributed by atoms with Crippen molar-refractivity contribution in [3.8, 4) is 0 Å². The average molecular weight is 547 g/mol. The number of aliphatic hydroxyl groups is 1. The molecule has 214 valence electrons. The molecular formula is C31H42N6O3. The van der Waals surface area contributed by atoms with E-state index in [2.05, 4.69) is 22.5 Å². The maximum absolute atomic E-state index is 13.6. The molecule has 1 fully saturated rings. The summed E-state index contributed by atoms with van der Waals surface area (Å²) < 4.78 is 0. The van der Waals surface area contributed by atoms with Gasteiger partial charge in [-0.2, -0.15) is 0 Å². The minimum absolute atomic E-state index is 0.0749. The molecule has 9 heteroatoms. The molecule has 0 spiro atoms. The van der Waals surface area contributed by atoms with Gasteiger partial charge in [0, 0.05) is 33.1 Å². The molecule has 1 unspecified atom stereocenters. The van der Waals surface area contributed by atoms with Gasteiger partial charge < -0.3 is 26.4 Å². The largest absolute Gasteiger partial charge is 0.388 e. The highest BCUT2D eigenvalue weighted by Crippen LogP contribution is 2.31. The minimum atomic E-state index is -1.39. The number of nitrogens with one attached hydrogen (secondary N) is 2. The third-order valence-corrected chi connectivity index (χ3v) is 7.99. The van der Waals surface area contributed by atoms with E-state index < -0.39 is 11.1 Å². The van der Waals surface area contributed by atoms with Gasteiger partial charge in [-0.1, -0.05) is 61.5 Å². The van der Waals surface area contributed by atoms with Crippen molar-refractivity contribution in [1.82, 2.24) is 20.4 Å². The maximum atomic E-state index is 13.6. The SMILES string of the molecule is CNCc1ccc(/C(NC)=C2\N=CN(CC3(O)CCN(C(=O)C[C@@H](C)c4ccccc4)CC3)C(=O)C2(C)N)cc1. The van der Waals surface area contributed by atoms with Crippen LogP contribution in [0.3, 0.4) is 0 Å². The minimum Gasteiger partial charge on any atom is -0.388 e. The van der Waals surface area contributed by atoms with Crippen molar-refractivity contribution >= 4 is 23.8 Å². The summed E-state index contributed by atoms with van der Waals surface area (Å²) >= 11 is 0. The zero-order chi connectivity index (χ0) is 28.9. The molecule has 0 bridgehead atoms. The summed E-state index contributed by atoms with van der Waals surface area (Å²) in [5.41, 5.74) is 8.36. The summed E-state index contributed by atoms with van der Waals surface area (Å²) in [6.07, 6.45) is 2.64. The van der Waals surface area contributed by atoms with E-state index in [-0.39, 0.29) is 24.3 Å². The van der Waals surface area contributed by atoms with Crippen LogP contribution in [0.4, 0.5) is 0 Å². The molecule has 2 amide bonds. The Labute approximate surface area is 237 Å². The quantitative estimate of drug-likeness (QED) is 0.383. The Morgan fingerprint density at radius 3 is 2.35 bits per heavy atom. The normalized spacial score (nSPS) is 22.7. The molecule has 0 aromatic heterocycles. The number of rotatable bonds is 9. The topological polar surface area (TPSA) is 123 Å². The van der Waals surface area contributed by atoms with Crippen molar-refractivity contribution in [2.45, 2.75) is 56.7 Å². The van der Waals surface area contributed by atoms with Gasteiger partial charge in [-0.15, -0.1) is 0 Å². The molecule has 5 N–H and O–H groups in total. The van der Waals surface area contributed by atoms with Crippen molar-refractivity contribution in [3.05, 3.63) is 77.0 Å². The van der Waals surface area contributed by atoms with Crippen LogP contribution in [-0.2, 0) is 16.1 Å². The highest BCUT2D eigenvalue weighted by molar-refractivity contribution is 6.01. The number of amides is 2. The lowest BCUT2D eigenvalue weighted by molar-refractivity contribution is -0.140. The smallest absolute Gasteiger partial charge is 0.253 e. The van der Waals surface area contributed by atoms with Gasteiger partial charge in [0.1, 0.15) is 5.54 Å². The van der Waals surface area contributed by atoms with Crippen molar-refractivity contribution < 1.29 is 14.7 Å². The summed E-state index contributed by atoms with van der Waals surface area (Å²) in [4.78, 5) is 34.3. The van der Waals surface area contributed by atoms with Gasteiger partial charge in [-0.3, -0.25) is 14.5 Å². The molecular weight excluding hydrogens is 504 g/mol. The van der Waals surface area contributed by atoms with Crippen molar-refractivity contribution in [2.75, 3.05) is 33.7 Å². The van der Waals surface area contributed by atoms with Gasteiger partial charge in [0.2, 0.25) is 5.91 Å². The van der Waals surface area contributed by atoms with E-state index in [1.807, 2.05) is 66.5 Å². The Hall–Kier alpha value is -3.53. The number of nitrogens with zero attached hydrogens (tertiary/aromatic N) is 3. The second kappa shape index (κ2) is 12.3. The van der Waals surface area contributed by atoms with Gasteiger partial charge in [0.25, 0.3) is 5.91 Å². The fourth-order valence-electron chi connectivity index (χ4n) is 5.48. The molecule has 2 aliphatic rings. The first-order valence-corrected chi connectivity index (χ1v) is 13.9. The fraction of sp³-hybridized carbons (Fsp3) is 0.452. The van der Waals surface area contributed by atoms with E-state index >= 15 is 0 Å². The number of nitrogens with two attached hydrogens (primary N) is 1. The van der Waals surface area contributed by atoms with Crippen LogP contribution in [0.1, 0.15) is 55.7 Å². The number of carbonyl (C=O) groups excluding carboxylic acids is 2. The van der Waals surface area contributed by atoms with Gasteiger partial charge in [-0.05, 0) is 49.4 Å². The standard InChI is InChI=1S/C31H42N6O3/c1-22(24-8-6-5-7-9-24)18-26(38)36-16-14-31(40,15-17-36)20-37-21-35-28(30(2,32)29(37)39)27(34-4)25-12-10-23(11-13-25)19-33-3/h5-13,21-22,33-34,40H,14-20,32H2,1-4H3/b28-27+/t22-,30?/m1/s1. The van der Waals surface area contributed by atoms with Crippen molar-refractivity contribution in [3.63, 3.8) is 0 Å². The highest BCUT2D eigenvalue weighted by Gasteiger charge is 2.44. The number of aliphatic imine (C=N–C) groups is 1. The summed E-state index contributed by atoms with van der Waals surface area (Å²) in [5.74, 6) is -0.132. The van der Waals surface area contributed by atoms with E-state index in [1.165, 1.54) is 11.2 Å². The maximum Gasteiger partial charge on any atom is 0.253 e. The molecule has 2 atom stereocenters. The summed E-state index contributed by atoms with van der Waals surface area (Å²) in [6, 6.07) is 18.0. The monoisotopic (exact) mass is 546 g/mol. The Balaban J connectivity index is 1.42. The Morgan fingerprint density at radius 2 is 1.75 bits per heavy atom. The van der Waals surface area contributed by atoms with Crippen LogP contribution in [0, 0.1) is 0 Å². The molecule has 4 rings (SSSR count). The second-order valence-corrected chi connectivity index (χ2v) is 11.2. The molecule has 0 saturated carbocycles. The molecule has 2 heterocycles. The number of hydrogen-bond donors (Lipinski definition) is 4. The number of carbonyl (C=O) groups is 2. The lowest BCUT2D eigenvalue weighted by Gasteiger charge is -2.42. The number of piperidine rings is 1. The number of likely N-dealkylation sites (tertiary alicyclic amines) is 1. The Bertz CT molecular complexity index is 1250. The van der Waals surface area contributed by atoms with E-state index in [4.69, 9.17) is 5.73 Å². The molecule has 2 aromatic carbocycles. The van der Waals surface area contributed by atoms with Crippen LogP contribution in [0.5, 0.6) is 0 Å². The van der Waals surface area contributed by atoms with Gasteiger partial charge in [-0.25, -0.2) is 4.99 Å². The van der Waals surface area contributed by atoms with Crippen molar-refractivity contribution in [2.24, 2.45) is 10.7 Å². The Kier molecular flexibility index (Phi) is 9.08. The predicted octanol–water partition coefficient (Wildman–Crippen LogP) is 2.43. The van der Waals surface area contributed by atoms with E-state index in [9.17, 15) is 14.7 Å². The van der Waals surface area contributed by atoms with Gasteiger partial charge in [0.05, 0.1) is 29.9 Å². The first-order chi connectivity index (χ1) is 19.1. The highest BCUT2D eigenvalue weighted by atomic mass is 16.3. The summed E-state index contributed by atoms with van der Waals surface area (Å²) in [6.45, 7) is 5.42. The second-order valence-electron chi connectivity index (χ2n) is 11.2. The molecule has 0 radical (unpaired) electrons. The van der Waals surface area contributed by atoms with E-state index in [1.54, 1.807) is 14.0 Å². The van der Waals surface area contributed by atoms with Crippen molar-refractivity contribution in [1.29, 1.82) is 0 Å². The van der Waals surface area contributed by atoms with E-state index in [0.29, 0.717) is 43.7 Å². The molecule has 0 aliphatic carbocycles. The van der Waals surface area contributed by atoms with E-state index in [0.717, 1.165) is 23.2 Å². The third kappa shape index (κ3) is 6.43. The lowest BCUT2D eigenvalue weighted by Crippen LogP contribution is -2.61. The molecule has 40 heavy (non-hydrogen) atoms. The van der Waals surface area contributed by atoms with Crippen LogP contribution >= 0.6 is 0 Å². The van der Waals surface area contributed by atoms with Crippen LogP contribution in [0.15, 0.2) is 65.3 Å². The third-order valence-electron chi connectivity index (χ3n) is 7.99. The molecule has 1 saturated heterocycles. The van der Waals surface area contributed by atoms with Crippen LogP contribution in [-0.4, -0.2) is 77.9 Å². The van der Waals surface area contributed by atoms with Crippen LogP contribution < -0.4 is 16.4 Å². The molecule has 9 nitrogen and oxygen atoms in total. The lowest BCUT2D eigenvalue weighted by atomic mass is 9.88. The average Bonchev–Trinajstić information content (AvgIpc) is 2.95. The zero-order valence-corrected chi connectivity index (χ0v) is 24.0. The number of hydrogen-bond acceptors (Lipinski definition) is 7. The first-order valence-electron chi connectivity index (χ1n) is 13.9. The van der Waals surface area contributed by atoms with Gasteiger partial charge >= 0.3 is 0 Å². The zero-order valence-electron chi connectivity index (χ0n) is 24.0. The summed E-state index contributed by atoms with van der Waals surface area (Å²) in [7, 11) is 3.68. The number of benzene rings is 2. The van der Waals surface area contributed by atoms with Crippen LogP contribution in [0.2, 0.25) is 0 Å². The summed E-state index contributed by atoms with van der Waals surface area (Å²) in [5, 5.41) is 17.7. The first kappa shape index (κ1) is 29.5. The molecule has 2 aliphatic heterocycles.